The van der Waals surface area contributed by atoms with Gasteiger partial charge in [0.1, 0.15) is 0 Å². The van der Waals surface area contributed by atoms with Gasteiger partial charge in [0.25, 0.3) is 5.91 Å². The summed E-state index contributed by atoms with van der Waals surface area (Å²) in [6.45, 7) is 0. The fourth-order valence-corrected chi connectivity index (χ4v) is 2.66. The monoisotopic (exact) mass is 469 g/mol. The van der Waals surface area contributed by atoms with Gasteiger partial charge in [-0.2, -0.15) is 0 Å². The Kier molecular flexibility index (Phi) is 5.11. The van der Waals surface area contributed by atoms with E-state index in [1.54, 1.807) is 30.3 Å². The quantitative estimate of drug-likeness (QED) is 0.568. The molecule has 0 fully saturated rings. The molecule has 2 aromatic rings. The third-order valence-corrected chi connectivity index (χ3v) is 4.74. The summed E-state index contributed by atoms with van der Waals surface area (Å²) in [4.78, 5) is 12.1. The molecule has 0 saturated carbocycles. The summed E-state index contributed by atoms with van der Waals surface area (Å²) in [6.07, 6.45) is 0. The van der Waals surface area contributed by atoms with Crippen LogP contribution in [0.5, 0.6) is 0 Å². The van der Waals surface area contributed by atoms with Gasteiger partial charge in [-0.3, -0.25) is 4.79 Å². The summed E-state index contributed by atoms with van der Waals surface area (Å²) in [5.74, 6) is -0.248. The summed E-state index contributed by atoms with van der Waals surface area (Å²) in [5.41, 5.74) is 1.05. The predicted octanol–water partition coefficient (Wildman–Crippen LogP) is 5.61. The molecule has 2 nitrogen and oxygen atoms in total. The Morgan fingerprint density at radius 3 is 2.47 bits per heavy atom. The first-order valence-corrected chi connectivity index (χ1v) is 7.81. The fourth-order valence-electron chi connectivity index (χ4n) is 1.42. The number of rotatable bonds is 2. The Bertz CT molecular complexity index is 649. The van der Waals surface area contributed by atoms with E-state index < -0.39 is 0 Å². The molecule has 19 heavy (non-hydrogen) atoms. The molecule has 0 aliphatic carbocycles. The summed E-state index contributed by atoms with van der Waals surface area (Å²) in [5, 5.41) is 3.77. The van der Waals surface area contributed by atoms with Crippen LogP contribution in [0.25, 0.3) is 0 Å². The number of anilines is 1. The van der Waals surface area contributed by atoms with E-state index in [1.165, 1.54) is 0 Å². The Morgan fingerprint density at radius 2 is 1.84 bits per heavy atom. The zero-order valence-corrected chi connectivity index (χ0v) is 14.6. The summed E-state index contributed by atoms with van der Waals surface area (Å²) in [7, 11) is 0. The second-order valence-electron chi connectivity index (χ2n) is 3.71. The van der Waals surface area contributed by atoms with Gasteiger partial charge in [-0.1, -0.05) is 39.1 Å². The van der Waals surface area contributed by atoms with Crippen LogP contribution in [-0.2, 0) is 0 Å². The van der Waals surface area contributed by atoms with Crippen LogP contribution in [-0.4, -0.2) is 5.91 Å². The number of carbonyl (C=O) groups excluding carboxylic acids is 1. The normalized spacial score (nSPS) is 10.3. The van der Waals surface area contributed by atoms with Gasteiger partial charge < -0.3 is 5.32 Å². The smallest absolute Gasteiger partial charge is 0.255 e. The van der Waals surface area contributed by atoms with Crippen molar-refractivity contribution in [2.75, 3.05) is 5.32 Å². The van der Waals surface area contributed by atoms with Crippen LogP contribution in [0.4, 0.5) is 5.69 Å². The van der Waals surface area contributed by atoms with Crippen LogP contribution in [0.1, 0.15) is 10.4 Å². The molecule has 0 aromatic heterocycles. The minimum Gasteiger partial charge on any atom is -0.321 e. The van der Waals surface area contributed by atoms with E-state index in [9.17, 15) is 4.79 Å². The number of nitrogens with one attached hydrogen (secondary N) is 1. The first-order valence-electron chi connectivity index (χ1n) is 5.19. The van der Waals surface area contributed by atoms with Gasteiger partial charge in [-0.05, 0) is 59.0 Å². The van der Waals surface area contributed by atoms with Crippen molar-refractivity contribution in [1.29, 1.82) is 0 Å². The molecule has 1 amide bonds. The van der Waals surface area contributed by atoms with Gasteiger partial charge in [0.15, 0.2) is 0 Å². The molecule has 2 aromatic carbocycles. The van der Waals surface area contributed by atoms with E-state index in [-0.39, 0.29) is 5.91 Å². The van der Waals surface area contributed by atoms with Crippen LogP contribution in [0.3, 0.4) is 0 Å². The van der Waals surface area contributed by atoms with Crippen LogP contribution in [0.2, 0.25) is 10.0 Å². The van der Waals surface area contributed by atoms with Gasteiger partial charge in [0.05, 0.1) is 15.7 Å². The van der Waals surface area contributed by atoms with Crippen LogP contribution >= 0.6 is 61.7 Å². The van der Waals surface area contributed by atoms with Gasteiger partial charge in [0.2, 0.25) is 0 Å². The summed E-state index contributed by atoms with van der Waals surface area (Å²) < 4.78 is 1.75. The molecule has 6 heteroatoms. The molecule has 0 unspecified atom stereocenters. The van der Waals surface area contributed by atoms with E-state index >= 15 is 0 Å². The summed E-state index contributed by atoms with van der Waals surface area (Å²) in [6, 6.07) is 10.4. The maximum Gasteiger partial charge on any atom is 0.255 e. The van der Waals surface area contributed by atoms with E-state index in [4.69, 9.17) is 23.2 Å². The van der Waals surface area contributed by atoms with Gasteiger partial charge in [0, 0.05) is 13.6 Å². The van der Waals surface area contributed by atoms with Crippen LogP contribution < -0.4 is 5.32 Å². The maximum absolute atomic E-state index is 12.1. The maximum atomic E-state index is 12.1. The lowest BCUT2D eigenvalue weighted by molar-refractivity contribution is 0.102. The highest BCUT2D eigenvalue weighted by Crippen LogP contribution is 2.26. The Hall–Kier alpha value is -0.300. The number of hydrogen-bond donors (Lipinski definition) is 1. The van der Waals surface area contributed by atoms with Crippen molar-refractivity contribution in [2.24, 2.45) is 0 Å². The van der Waals surface area contributed by atoms with Crippen molar-refractivity contribution >= 4 is 73.3 Å². The third kappa shape index (κ3) is 3.84. The largest absolute Gasteiger partial charge is 0.321 e. The molecule has 0 radical (unpaired) electrons. The van der Waals surface area contributed by atoms with Gasteiger partial charge >= 0.3 is 0 Å². The molecule has 0 aliphatic heterocycles. The molecule has 0 saturated heterocycles. The number of carbonyl (C=O) groups is 1. The molecule has 1 N–H and O–H groups in total. The molecular weight excluding hydrogens is 464 g/mol. The zero-order valence-electron chi connectivity index (χ0n) is 9.38. The van der Waals surface area contributed by atoms with Crippen molar-refractivity contribution in [1.82, 2.24) is 0 Å². The van der Waals surface area contributed by atoms with E-state index in [0.29, 0.717) is 21.3 Å². The Labute approximate surface area is 142 Å². The standard InChI is InChI=1S/C13H7BrCl2INO/c14-8-2-4-12(10(16)6-8)18-13(19)7-1-3-11(17)9(15)5-7/h1-6H,(H,18,19). The van der Waals surface area contributed by atoms with Crippen molar-refractivity contribution in [3.8, 4) is 0 Å². The highest BCUT2D eigenvalue weighted by molar-refractivity contribution is 14.1. The Morgan fingerprint density at radius 1 is 1.11 bits per heavy atom. The van der Waals surface area contributed by atoms with Crippen molar-refractivity contribution in [2.45, 2.75) is 0 Å². The average Bonchev–Trinajstić information content (AvgIpc) is 2.36. The third-order valence-electron chi connectivity index (χ3n) is 2.36. The zero-order chi connectivity index (χ0) is 14.0. The number of hydrogen-bond acceptors (Lipinski definition) is 1. The Balaban J connectivity index is 2.23. The average molecular weight is 471 g/mol. The summed E-state index contributed by atoms with van der Waals surface area (Å²) >= 11 is 17.5. The number of benzene rings is 2. The number of amides is 1. The highest BCUT2D eigenvalue weighted by atomic mass is 127. The van der Waals surface area contributed by atoms with Gasteiger partial charge in [-0.25, -0.2) is 0 Å². The first-order chi connectivity index (χ1) is 8.97. The lowest BCUT2D eigenvalue weighted by atomic mass is 10.2. The van der Waals surface area contributed by atoms with Crippen molar-refractivity contribution in [3.05, 3.63) is 60.0 Å². The molecule has 0 atom stereocenters. The minimum absolute atomic E-state index is 0.248. The lowest BCUT2D eigenvalue weighted by Crippen LogP contribution is -2.12. The molecule has 0 spiro atoms. The van der Waals surface area contributed by atoms with Crippen molar-refractivity contribution < 1.29 is 4.79 Å². The van der Waals surface area contributed by atoms with Crippen LogP contribution in [0, 0.1) is 3.57 Å². The van der Waals surface area contributed by atoms with Crippen LogP contribution in [0.15, 0.2) is 40.9 Å². The second kappa shape index (κ2) is 6.43. The molecular formula is C13H7BrCl2INO. The van der Waals surface area contributed by atoms with E-state index in [2.05, 4.69) is 43.8 Å². The van der Waals surface area contributed by atoms with E-state index in [0.717, 1.165) is 8.04 Å². The molecule has 0 heterocycles. The molecule has 2 rings (SSSR count). The SMILES string of the molecule is O=C(Nc1ccc(Br)cc1Cl)c1ccc(I)c(Cl)c1. The molecule has 0 bridgehead atoms. The van der Waals surface area contributed by atoms with Crippen molar-refractivity contribution in [3.63, 3.8) is 0 Å². The van der Waals surface area contributed by atoms with E-state index in [1.807, 2.05) is 6.07 Å². The number of halogens is 4. The lowest BCUT2D eigenvalue weighted by Gasteiger charge is -2.08. The predicted molar refractivity (Wildman–Crippen MR) is 91.3 cm³/mol. The minimum atomic E-state index is -0.248. The second-order valence-corrected chi connectivity index (χ2v) is 6.60. The van der Waals surface area contributed by atoms with Gasteiger partial charge in [-0.15, -0.1) is 0 Å². The fraction of sp³-hybridized carbons (Fsp3) is 0. The molecule has 98 valence electrons. The highest BCUT2D eigenvalue weighted by Gasteiger charge is 2.10. The topological polar surface area (TPSA) is 29.1 Å². The molecule has 0 aliphatic rings. The first kappa shape index (κ1) is 15.1.